The zero-order valence-corrected chi connectivity index (χ0v) is 9.00. The molecule has 0 aromatic heterocycles. The molecule has 0 heterocycles. The Hall–Kier alpha value is -0.530. The fourth-order valence-electron chi connectivity index (χ4n) is 2.30. The summed E-state index contributed by atoms with van der Waals surface area (Å²) in [7, 11) is 0. The molecule has 2 N–H and O–H groups in total. The Morgan fingerprint density at radius 3 is 2.86 bits per heavy atom. The highest BCUT2D eigenvalue weighted by Gasteiger charge is 2.21. The van der Waals surface area contributed by atoms with Crippen molar-refractivity contribution in [2.24, 2.45) is 11.7 Å². The van der Waals surface area contributed by atoms with Crippen molar-refractivity contribution in [1.29, 1.82) is 0 Å². The molecule has 0 amide bonds. The zero-order chi connectivity index (χ0) is 9.97. The van der Waals surface area contributed by atoms with Gasteiger partial charge >= 0.3 is 0 Å². The quantitative estimate of drug-likeness (QED) is 0.796. The van der Waals surface area contributed by atoms with Crippen molar-refractivity contribution < 1.29 is 0 Å². The molecule has 1 fully saturated rings. The molecule has 2 unspecified atom stereocenters. The summed E-state index contributed by atoms with van der Waals surface area (Å²) < 4.78 is 0. The van der Waals surface area contributed by atoms with E-state index in [1.54, 1.807) is 0 Å². The molecule has 1 saturated carbocycles. The summed E-state index contributed by atoms with van der Waals surface area (Å²) in [6, 6.07) is 8.58. The molecular formula is C12H16ClN. The Bertz CT molecular complexity index is 311. The molecule has 1 aliphatic rings. The molecule has 2 rings (SSSR count). The number of rotatable bonds is 2. The van der Waals surface area contributed by atoms with Crippen molar-refractivity contribution in [1.82, 2.24) is 0 Å². The number of benzene rings is 1. The maximum absolute atomic E-state index is 5.93. The SMILES string of the molecule is NC1CCC(Cc2cccc(Cl)c2)C1. The van der Waals surface area contributed by atoms with Gasteiger partial charge in [0.05, 0.1) is 0 Å². The maximum atomic E-state index is 5.93. The van der Waals surface area contributed by atoms with Gasteiger partial charge in [-0.2, -0.15) is 0 Å². The van der Waals surface area contributed by atoms with Gasteiger partial charge in [-0.25, -0.2) is 0 Å². The molecular weight excluding hydrogens is 194 g/mol. The van der Waals surface area contributed by atoms with E-state index in [1.165, 1.54) is 24.8 Å². The highest BCUT2D eigenvalue weighted by Crippen LogP contribution is 2.27. The predicted molar refractivity (Wildman–Crippen MR) is 60.5 cm³/mol. The minimum Gasteiger partial charge on any atom is -0.328 e. The van der Waals surface area contributed by atoms with Crippen molar-refractivity contribution in [2.75, 3.05) is 0 Å². The second-order valence-electron chi connectivity index (χ2n) is 4.27. The smallest absolute Gasteiger partial charge is 0.0408 e. The van der Waals surface area contributed by atoms with Crippen LogP contribution in [0.4, 0.5) is 0 Å². The van der Waals surface area contributed by atoms with Crippen LogP contribution in [-0.2, 0) is 6.42 Å². The van der Waals surface area contributed by atoms with Crippen LogP contribution in [0.5, 0.6) is 0 Å². The second kappa shape index (κ2) is 4.33. The van der Waals surface area contributed by atoms with E-state index >= 15 is 0 Å². The topological polar surface area (TPSA) is 26.0 Å². The second-order valence-corrected chi connectivity index (χ2v) is 4.71. The van der Waals surface area contributed by atoms with Gasteiger partial charge in [-0.15, -0.1) is 0 Å². The molecule has 1 aromatic rings. The lowest BCUT2D eigenvalue weighted by atomic mass is 9.98. The monoisotopic (exact) mass is 209 g/mol. The highest BCUT2D eigenvalue weighted by atomic mass is 35.5. The summed E-state index contributed by atoms with van der Waals surface area (Å²) >= 11 is 5.93. The van der Waals surface area contributed by atoms with Gasteiger partial charge in [-0.05, 0) is 49.3 Å². The van der Waals surface area contributed by atoms with Crippen LogP contribution in [-0.4, -0.2) is 6.04 Å². The summed E-state index contributed by atoms with van der Waals surface area (Å²) in [5.41, 5.74) is 7.23. The third-order valence-corrected chi connectivity index (χ3v) is 3.23. The number of hydrogen-bond acceptors (Lipinski definition) is 1. The number of hydrogen-bond donors (Lipinski definition) is 1. The van der Waals surface area contributed by atoms with E-state index in [9.17, 15) is 0 Å². The van der Waals surface area contributed by atoms with Gasteiger partial charge in [0.2, 0.25) is 0 Å². The van der Waals surface area contributed by atoms with Gasteiger partial charge in [0.1, 0.15) is 0 Å². The molecule has 1 aromatic carbocycles. The Kier molecular flexibility index (Phi) is 3.09. The first kappa shape index (κ1) is 10.0. The molecule has 2 heteroatoms. The zero-order valence-electron chi connectivity index (χ0n) is 8.25. The van der Waals surface area contributed by atoms with Gasteiger partial charge in [0.15, 0.2) is 0 Å². The highest BCUT2D eigenvalue weighted by molar-refractivity contribution is 6.30. The summed E-state index contributed by atoms with van der Waals surface area (Å²) in [5, 5.41) is 0.838. The van der Waals surface area contributed by atoms with Crippen LogP contribution in [0.15, 0.2) is 24.3 Å². The van der Waals surface area contributed by atoms with Gasteiger partial charge in [0.25, 0.3) is 0 Å². The Morgan fingerprint density at radius 2 is 2.21 bits per heavy atom. The first-order chi connectivity index (χ1) is 6.74. The van der Waals surface area contributed by atoms with E-state index in [0.29, 0.717) is 6.04 Å². The Morgan fingerprint density at radius 1 is 1.36 bits per heavy atom. The summed E-state index contributed by atoms with van der Waals surface area (Å²) in [6.07, 6.45) is 4.76. The van der Waals surface area contributed by atoms with Crippen LogP contribution in [0, 0.1) is 5.92 Å². The molecule has 0 spiro atoms. The molecule has 1 nitrogen and oxygen atoms in total. The van der Waals surface area contributed by atoms with Crippen molar-refractivity contribution in [2.45, 2.75) is 31.7 Å². The lowest BCUT2D eigenvalue weighted by Crippen LogP contribution is -2.15. The van der Waals surface area contributed by atoms with Crippen LogP contribution >= 0.6 is 11.6 Å². The fraction of sp³-hybridized carbons (Fsp3) is 0.500. The van der Waals surface area contributed by atoms with E-state index in [1.807, 2.05) is 12.1 Å². The maximum Gasteiger partial charge on any atom is 0.0408 e. The minimum atomic E-state index is 0.430. The Labute approximate surface area is 90.3 Å². The predicted octanol–water partition coefficient (Wildman–Crippen LogP) is 3.01. The summed E-state index contributed by atoms with van der Waals surface area (Å²) in [4.78, 5) is 0. The van der Waals surface area contributed by atoms with Gasteiger partial charge in [0, 0.05) is 11.1 Å². The standard InChI is InChI=1S/C12H16ClN/c13-11-3-1-2-9(7-11)6-10-4-5-12(14)8-10/h1-3,7,10,12H,4-6,8,14H2. The van der Waals surface area contributed by atoms with Crippen LogP contribution in [0.1, 0.15) is 24.8 Å². The van der Waals surface area contributed by atoms with E-state index in [0.717, 1.165) is 17.4 Å². The van der Waals surface area contributed by atoms with Crippen LogP contribution in [0.2, 0.25) is 5.02 Å². The summed E-state index contributed by atoms with van der Waals surface area (Å²) in [6.45, 7) is 0. The summed E-state index contributed by atoms with van der Waals surface area (Å²) in [5.74, 6) is 0.767. The first-order valence-electron chi connectivity index (χ1n) is 5.24. The number of nitrogens with two attached hydrogens (primary N) is 1. The van der Waals surface area contributed by atoms with Crippen molar-refractivity contribution in [3.05, 3.63) is 34.9 Å². The fourth-order valence-corrected chi connectivity index (χ4v) is 2.51. The van der Waals surface area contributed by atoms with E-state index in [2.05, 4.69) is 12.1 Å². The molecule has 0 aliphatic heterocycles. The molecule has 2 atom stereocenters. The van der Waals surface area contributed by atoms with E-state index in [-0.39, 0.29) is 0 Å². The molecule has 0 bridgehead atoms. The third-order valence-electron chi connectivity index (χ3n) is 3.00. The Balaban J connectivity index is 1.97. The normalized spacial score (nSPS) is 26.7. The lowest BCUT2D eigenvalue weighted by Gasteiger charge is -2.09. The molecule has 14 heavy (non-hydrogen) atoms. The molecule has 0 radical (unpaired) electrons. The van der Waals surface area contributed by atoms with Crippen LogP contribution < -0.4 is 5.73 Å². The molecule has 76 valence electrons. The molecule has 0 saturated heterocycles. The van der Waals surface area contributed by atoms with Gasteiger partial charge < -0.3 is 5.73 Å². The minimum absolute atomic E-state index is 0.430. The van der Waals surface area contributed by atoms with Crippen molar-refractivity contribution >= 4 is 11.6 Å². The lowest BCUT2D eigenvalue weighted by molar-refractivity contribution is 0.535. The first-order valence-corrected chi connectivity index (χ1v) is 5.62. The van der Waals surface area contributed by atoms with Gasteiger partial charge in [-0.3, -0.25) is 0 Å². The van der Waals surface area contributed by atoms with Crippen molar-refractivity contribution in [3.63, 3.8) is 0 Å². The van der Waals surface area contributed by atoms with E-state index in [4.69, 9.17) is 17.3 Å². The number of halogens is 1. The molecule has 1 aliphatic carbocycles. The largest absolute Gasteiger partial charge is 0.328 e. The van der Waals surface area contributed by atoms with Gasteiger partial charge in [-0.1, -0.05) is 23.7 Å². The third kappa shape index (κ3) is 2.49. The van der Waals surface area contributed by atoms with Crippen LogP contribution in [0.3, 0.4) is 0 Å². The average molecular weight is 210 g/mol. The van der Waals surface area contributed by atoms with E-state index < -0.39 is 0 Å². The average Bonchev–Trinajstić information content (AvgIpc) is 2.51. The van der Waals surface area contributed by atoms with Crippen LogP contribution in [0.25, 0.3) is 0 Å². The van der Waals surface area contributed by atoms with Crippen molar-refractivity contribution in [3.8, 4) is 0 Å².